The Morgan fingerprint density at radius 1 is 1.18 bits per heavy atom. The number of hydrogen-bond acceptors (Lipinski definition) is 7. The highest BCUT2D eigenvalue weighted by molar-refractivity contribution is 5.91. The highest BCUT2D eigenvalue weighted by Crippen LogP contribution is 2.42. The summed E-state index contributed by atoms with van der Waals surface area (Å²) in [4.78, 5) is 34.1. The summed E-state index contributed by atoms with van der Waals surface area (Å²) in [6.07, 6.45) is 4.55. The molecule has 0 saturated carbocycles. The lowest BCUT2D eigenvalue weighted by molar-refractivity contribution is 0.0597. The number of likely N-dealkylation sites (tertiary alicyclic amines) is 1. The third kappa shape index (κ3) is 3.37. The van der Waals surface area contributed by atoms with Crippen molar-refractivity contribution in [3.63, 3.8) is 0 Å². The summed E-state index contributed by atoms with van der Waals surface area (Å²) >= 11 is 0. The van der Waals surface area contributed by atoms with Gasteiger partial charge in [0.15, 0.2) is 5.75 Å². The van der Waals surface area contributed by atoms with E-state index >= 15 is 0 Å². The van der Waals surface area contributed by atoms with Crippen LogP contribution in [0.15, 0.2) is 24.5 Å². The summed E-state index contributed by atoms with van der Waals surface area (Å²) in [7, 11) is 1.32. The number of benzene rings is 1. The number of amides is 1. The van der Waals surface area contributed by atoms with Gasteiger partial charge < -0.3 is 19.1 Å². The number of rotatable bonds is 4. The molecule has 0 bridgehead atoms. The van der Waals surface area contributed by atoms with Crippen LogP contribution in [0, 0.1) is 0 Å². The van der Waals surface area contributed by atoms with Gasteiger partial charge in [0.2, 0.25) is 5.82 Å². The van der Waals surface area contributed by atoms with Gasteiger partial charge in [-0.1, -0.05) is 0 Å². The largest absolute Gasteiger partial charge is 0.487 e. The molecule has 146 valence electrons. The number of ether oxygens (including phenoxy) is 3. The van der Waals surface area contributed by atoms with E-state index in [1.54, 1.807) is 17.0 Å². The number of esters is 1. The lowest BCUT2D eigenvalue weighted by atomic mass is 10.00. The maximum absolute atomic E-state index is 12.2. The average molecular weight is 383 g/mol. The van der Waals surface area contributed by atoms with Crippen LogP contribution in [0.3, 0.4) is 0 Å². The second kappa shape index (κ2) is 6.78. The van der Waals surface area contributed by atoms with Crippen molar-refractivity contribution in [2.45, 2.75) is 32.3 Å². The van der Waals surface area contributed by atoms with Gasteiger partial charge in [0.25, 0.3) is 5.91 Å². The van der Waals surface area contributed by atoms with E-state index in [0.717, 1.165) is 25.1 Å². The highest BCUT2D eigenvalue weighted by Gasteiger charge is 2.34. The van der Waals surface area contributed by atoms with Crippen molar-refractivity contribution in [2.75, 3.05) is 20.2 Å². The maximum atomic E-state index is 12.2. The lowest BCUT2D eigenvalue weighted by Gasteiger charge is -2.29. The lowest BCUT2D eigenvalue weighted by Crippen LogP contribution is -2.42. The zero-order valence-electron chi connectivity index (χ0n) is 16.0. The number of hydrogen-bond donors (Lipinski definition) is 0. The number of fused-ring (bicyclic) bond motifs is 1. The quantitative estimate of drug-likeness (QED) is 0.750. The van der Waals surface area contributed by atoms with Crippen molar-refractivity contribution in [1.29, 1.82) is 0 Å². The van der Waals surface area contributed by atoms with Crippen LogP contribution in [0.1, 0.15) is 46.8 Å². The second-order valence-corrected chi connectivity index (χ2v) is 7.47. The van der Waals surface area contributed by atoms with E-state index in [0.29, 0.717) is 29.2 Å². The molecule has 1 amide bonds. The fraction of sp³-hybridized carbons (Fsp3) is 0.400. The molecule has 28 heavy (non-hydrogen) atoms. The number of carbonyl (C=O) groups is 2. The topological polar surface area (TPSA) is 90.9 Å². The minimum absolute atomic E-state index is 0.144. The third-order valence-corrected chi connectivity index (χ3v) is 4.77. The van der Waals surface area contributed by atoms with Crippen LogP contribution in [-0.2, 0) is 11.2 Å². The molecule has 1 aromatic heterocycles. The van der Waals surface area contributed by atoms with Crippen molar-refractivity contribution in [1.82, 2.24) is 14.9 Å². The van der Waals surface area contributed by atoms with Crippen molar-refractivity contribution < 1.29 is 23.8 Å². The molecule has 0 radical (unpaired) electrons. The third-order valence-electron chi connectivity index (χ3n) is 4.77. The number of nitrogens with zero attached hydrogens (tertiary/aromatic N) is 3. The first kappa shape index (κ1) is 18.2. The standard InChI is InChI=1S/C20H21N3O5/c1-20(2)9-14-15(7-12(19(25)26-3)8-16(14)28-20)27-13-10-21-17(22-11-13)18(24)23-5-4-6-23/h7-8,10-11H,4-6,9H2,1-3H3. The fourth-order valence-electron chi connectivity index (χ4n) is 3.24. The first-order valence-electron chi connectivity index (χ1n) is 9.10. The molecule has 4 rings (SSSR count). The summed E-state index contributed by atoms with van der Waals surface area (Å²) < 4.78 is 16.7. The predicted octanol–water partition coefficient (Wildman–Crippen LogP) is 2.61. The molecule has 0 N–H and O–H groups in total. The minimum Gasteiger partial charge on any atom is -0.487 e. The SMILES string of the molecule is COC(=O)c1cc(Oc2cnc(C(=O)N3CCC3)nc2)c2c(c1)OC(C)(C)C2. The Bertz CT molecular complexity index is 936. The van der Waals surface area contributed by atoms with Gasteiger partial charge in [-0.05, 0) is 32.4 Å². The van der Waals surface area contributed by atoms with Gasteiger partial charge in [-0.2, -0.15) is 0 Å². The summed E-state index contributed by atoms with van der Waals surface area (Å²) in [5.74, 6) is 0.927. The van der Waals surface area contributed by atoms with Gasteiger partial charge in [0.05, 0.1) is 25.1 Å². The Morgan fingerprint density at radius 2 is 1.89 bits per heavy atom. The molecule has 0 spiro atoms. The predicted molar refractivity (Wildman–Crippen MR) is 98.8 cm³/mol. The summed E-state index contributed by atoms with van der Waals surface area (Å²) in [6, 6.07) is 3.28. The van der Waals surface area contributed by atoms with Crippen molar-refractivity contribution >= 4 is 11.9 Å². The smallest absolute Gasteiger partial charge is 0.338 e. The molecule has 3 heterocycles. The van der Waals surface area contributed by atoms with E-state index in [1.807, 2.05) is 13.8 Å². The van der Waals surface area contributed by atoms with Gasteiger partial charge >= 0.3 is 5.97 Å². The Labute approximate surface area is 162 Å². The van der Waals surface area contributed by atoms with Crippen LogP contribution in [0.2, 0.25) is 0 Å². The molecule has 8 heteroatoms. The molecule has 2 aliphatic heterocycles. The Kier molecular flexibility index (Phi) is 4.41. The second-order valence-electron chi connectivity index (χ2n) is 7.47. The molecule has 0 aliphatic carbocycles. The molecule has 0 unspecified atom stereocenters. The molecule has 8 nitrogen and oxygen atoms in total. The van der Waals surface area contributed by atoms with Crippen LogP contribution < -0.4 is 9.47 Å². The monoisotopic (exact) mass is 383 g/mol. The van der Waals surface area contributed by atoms with E-state index in [4.69, 9.17) is 14.2 Å². The van der Waals surface area contributed by atoms with E-state index < -0.39 is 11.6 Å². The van der Waals surface area contributed by atoms with Crippen molar-refractivity contribution in [3.05, 3.63) is 41.5 Å². The van der Waals surface area contributed by atoms with Gasteiger partial charge in [-0.3, -0.25) is 4.79 Å². The summed E-state index contributed by atoms with van der Waals surface area (Å²) in [6.45, 7) is 5.41. The maximum Gasteiger partial charge on any atom is 0.338 e. The summed E-state index contributed by atoms with van der Waals surface area (Å²) in [5.41, 5.74) is 0.789. The zero-order chi connectivity index (χ0) is 19.9. The number of carbonyl (C=O) groups excluding carboxylic acids is 2. The van der Waals surface area contributed by atoms with Gasteiger partial charge in [0.1, 0.15) is 17.1 Å². The highest BCUT2D eigenvalue weighted by atomic mass is 16.5. The molecule has 2 aliphatic rings. The molecule has 2 aromatic rings. The Hall–Kier alpha value is -3.16. The first-order chi connectivity index (χ1) is 13.4. The van der Waals surface area contributed by atoms with E-state index in [2.05, 4.69) is 9.97 Å². The normalized spacial score (nSPS) is 16.6. The fourth-order valence-corrected chi connectivity index (χ4v) is 3.24. The van der Waals surface area contributed by atoms with Crippen LogP contribution in [-0.4, -0.2) is 52.5 Å². The number of methoxy groups -OCH3 is 1. The van der Waals surface area contributed by atoms with E-state index in [1.165, 1.54) is 19.5 Å². The molecular weight excluding hydrogens is 362 g/mol. The average Bonchev–Trinajstić information content (AvgIpc) is 2.94. The first-order valence-corrected chi connectivity index (χ1v) is 9.10. The van der Waals surface area contributed by atoms with Crippen LogP contribution in [0.5, 0.6) is 17.2 Å². The molecule has 1 aromatic carbocycles. The van der Waals surface area contributed by atoms with Crippen molar-refractivity contribution in [2.24, 2.45) is 0 Å². The molecule has 0 atom stereocenters. The van der Waals surface area contributed by atoms with E-state index in [9.17, 15) is 9.59 Å². The molecular formula is C20H21N3O5. The Balaban J connectivity index is 1.61. The zero-order valence-corrected chi connectivity index (χ0v) is 16.0. The number of aromatic nitrogens is 2. The van der Waals surface area contributed by atoms with Gasteiger partial charge in [-0.15, -0.1) is 0 Å². The van der Waals surface area contributed by atoms with Gasteiger partial charge in [0, 0.05) is 25.1 Å². The van der Waals surface area contributed by atoms with Gasteiger partial charge in [-0.25, -0.2) is 14.8 Å². The Morgan fingerprint density at radius 3 is 2.50 bits per heavy atom. The molecule has 1 fully saturated rings. The van der Waals surface area contributed by atoms with Crippen LogP contribution >= 0.6 is 0 Å². The van der Waals surface area contributed by atoms with Crippen LogP contribution in [0.4, 0.5) is 0 Å². The summed E-state index contributed by atoms with van der Waals surface area (Å²) in [5, 5.41) is 0. The van der Waals surface area contributed by atoms with Crippen molar-refractivity contribution in [3.8, 4) is 17.2 Å². The van der Waals surface area contributed by atoms with E-state index in [-0.39, 0.29) is 11.7 Å². The minimum atomic E-state index is -0.479. The van der Waals surface area contributed by atoms with Crippen LogP contribution in [0.25, 0.3) is 0 Å². The molecule has 1 saturated heterocycles.